The SMILES string of the molecule is CCC(C=O)NC(=O)c1ccc(NC(=O)c2ccc(C#N)cc2)cc1. The summed E-state index contributed by atoms with van der Waals surface area (Å²) >= 11 is 0. The summed E-state index contributed by atoms with van der Waals surface area (Å²) < 4.78 is 0. The molecule has 2 amide bonds. The molecular formula is C19H17N3O3. The van der Waals surface area contributed by atoms with Gasteiger partial charge in [-0.2, -0.15) is 5.26 Å². The lowest BCUT2D eigenvalue weighted by Gasteiger charge is -2.11. The summed E-state index contributed by atoms with van der Waals surface area (Å²) in [6, 6.07) is 14.1. The van der Waals surface area contributed by atoms with Crippen LogP contribution in [0.15, 0.2) is 48.5 Å². The number of nitrogens with zero attached hydrogens (tertiary/aromatic N) is 1. The Balaban J connectivity index is 2.02. The Hall–Kier alpha value is -3.46. The highest BCUT2D eigenvalue weighted by Gasteiger charge is 2.12. The first-order valence-corrected chi connectivity index (χ1v) is 7.75. The fourth-order valence-electron chi connectivity index (χ4n) is 2.09. The minimum atomic E-state index is -0.511. The smallest absolute Gasteiger partial charge is 0.255 e. The van der Waals surface area contributed by atoms with Crippen LogP contribution >= 0.6 is 0 Å². The molecule has 0 saturated carbocycles. The van der Waals surface area contributed by atoms with Crippen LogP contribution in [0.4, 0.5) is 5.69 Å². The topological polar surface area (TPSA) is 99.1 Å². The van der Waals surface area contributed by atoms with Gasteiger partial charge >= 0.3 is 0 Å². The fourth-order valence-corrected chi connectivity index (χ4v) is 2.09. The van der Waals surface area contributed by atoms with Crippen LogP contribution < -0.4 is 10.6 Å². The van der Waals surface area contributed by atoms with Crippen molar-refractivity contribution >= 4 is 23.8 Å². The summed E-state index contributed by atoms with van der Waals surface area (Å²) in [6.45, 7) is 1.81. The van der Waals surface area contributed by atoms with Crippen molar-refractivity contribution in [3.8, 4) is 6.07 Å². The van der Waals surface area contributed by atoms with E-state index in [4.69, 9.17) is 5.26 Å². The van der Waals surface area contributed by atoms with Gasteiger partial charge in [-0.25, -0.2) is 0 Å². The lowest BCUT2D eigenvalue weighted by molar-refractivity contribution is -0.109. The molecule has 0 heterocycles. The summed E-state index contributed by atoms with van der Waals surface area (Å²) in [6.07, 6.45) is 1.22. The standard InChI is InChI=1S/C19H17N3O3/c1-2-16(12-23)21-18(24)15-7-9-17(10-8-15)22-19(25)14-5-3-13(11-20)4-6-14/h3-10,12,16H,2H2,1H3,(H,21,24)(H,22,25). The van der Waals surface area contributed by atoms with E-state index in [9.17, 15) is 14.4 Å². The Morgan fingerprint density at radius 3 is 2.12 bits per heavy atom. The molecule has 0 radical (unpaired) electrons. The van der Waals surface area contributed by atoms with Crippen LogP contribution in [-0.2, 0) is 4.79 Å². The summed E-state index contributed by atoms with van der Waals surface area (Å²) in [5.41, 5.74) is 1.84. The van der Waals surface area contributed by atoms with E-state index in [-0.39, 0.29) is 11.8 Å². The molecule has 0 aliphatic heterocycles. The van der Waals surface area contributed by atoms with E-state index in [1.807, 2.05) is 6.07 Å². The molecule has 126 valence electrons. The van der Waals surface area contributed by atoms with Crippen molar-refractivity contribution in [2.75, 3.05) is 5.32 Å². The quantitative estimate of drug-likeness (QED) is 0.792. The first kappa shape index (κ1) is 17.9. The molecule has 6 heteroatoms. The van der Waals surface area contributed by atoms with E-state index in [1.54, 1.807) is 55.5 Å². The third kappa shape index (κ3) is 4.75. The van der Waals surface area contributed by atoms with Crippen LogP contribution in [-0.4, -0.2) is 24.1 Å². The average Bonchev–Trinajstić information content (AvgIpc) is 2.66. The molecule has 0 saturated heterocycles. The van der Waals surface area contributed by atoms with Gasteiger partial charge in [0.2, 0.25) is 0 Å². The van der Waals surface area contributed by atoms with Crippen molar-refractivity contribution in [1.82, 2.24) is 5.32 Å². The predicted molar refractivity (Wildman–Crippen MR) is 93.2 cm³/mol. The van der Waals surface area contributed by atoms with Gasteiger partial charge in [-0.05, 0) is 55.0 Å². The molecule has 0 spiro atoms. The van der Waals surface area contributed by atoms with Gasteiger partial charge in [0.15, 0.2) is 0 Å². The molecule has 2 rings (SSSR count). The average molecular weight is 335 g/mol. The van der Waals surface area contributed by atoms with Crippen molar-refractivity contribution in [1.29, 1.82) is 5.26 Å². The van der Waals surface area contributed by atoms with E-state index in [0.29, 0.717) is 35.1 Å². The van der Waals surface area contributed by atoms with Gasteiger partial charge in [0, 0.05) is 16.8 Å². The van der Waals surface area contributed by atoms with Crippen LogP contribution in [0.2, 0.25) is 0 Å². The molecule has 25 heavy (non-hydrogen) atoms. The van der Waals surface area contributed by atoms with Gasteiger partial charge in [-0.3, -0.25) is 9.59 Å². The van der Waals surface area contributed by atoms with Gasteiger partial charge in [-0.1, -0.05) is 6.92 Å². The molecule has 0 fully saturated rings. The number of nitriles is 1. The molecule has 0 aliphatic rings. The number of hydrogen-bond donors (Lipinski definition) is 2. The highest BCUT2D eigenvalue weighted by molar-refractivity contribution is 6.04. The highest BCUT2D eigenvalue weighted by atomic mass is 16.2. The summed E-state index contributed by atoms with van der Waals surface area (Å²) in [5.74, 6) is -0.655. The minimum Gasteiger partial charge on any atom is -0.343 e. The molecule has 2 N–H and O–H groups in total. The Labute approximate surface area is 145 Å². The number of benzene rings is 2. The maximum Gasteiger partial charge on any atom is 0.255 e. The van der Waals surface area contributed by atoms with Gasteiger partial charge < -0.3 is 15.4 Å². The highest BCUT2D eigenvalue weighted by Crippen LogP contribution is 2.12. The van der Waals surface area contributed by atoms with Crippen molar-refractivity contribution < 1.29 is 14.4 Å². The number of anilines is 1. The molecule has 2 aromatic rings. The molecule has 6 nitrogen and oxygen atoms in total. The maximum atomic E-state index is 12.1. The zero-order valence-corrected chi connectivity index (χ0v) is 13.7. The Morgan fingerprint density at radius 1 is 1.04 bits per heavy atom. The van der Waals surface area contributed by atoms with Crippen molar-refractivity contribution in [3.63, 3.8) is 0 Å². The molecular weight excluding hydrogens is 318 g/mol. The number of hydrogen-bond acceptors (Lipinski definition) is 4. The third-order valence-electron chi connectivity index (χ3n) is 3.60. The Kier molecular flexibility index (Phi) is 6.02. The van der Waals surface area contributed by atoms with Crippen LogP contribution in [0, 0.1) is 11.3 Å². The van der Waals surface area contributed by atoms with E-state index in [0.717, 1.165) is 0 Å². The number of nitrogens with one attached hydrogen (secondary N) is 2. The van der Waals surface area contributed by atoms with E-state index in [1.165, 1.54) is 0 Å². The summed E-state index contributed by atoms with van der Waals surface area (Å²) in [4.78, 5) is 34.9. The maximum absolute atomic E-state index is 12.1. The van der Waals surface area contributed by atoms with Gasteiger partial charge in [0.05, 0.1) is 17.7 Å². The van der Waals surface area contributed by atoms with Crippen LogP contribution in [0.5, 0.6) is 0 Å². The first-order chi connectivity index (χ1) is 12.1. The van der Waals surface area contributed by atoms with Crippen molar-refractivity contribution in [2.45, 2.75) is 19.4 Å². The number of rotatable bonds is 6. The Morgan fingerprint density at radius 2 is 1.60 bits per heavy atom. The number of carbonyl (C=O) groups excluding carboxylic acids is 3. The zero-order valence-electron chi connectivity index (χ0n) is 13.7. The van der Waals surface area contributed by atoms with Crippen LogP contribution in [0.3, 0.4) is 0 Å². The van der Waals surface area contributed by atoms with Crippen LogP contribution in [0.1, 0.15) is 39.6 Å². The second-order valence-corrected chi connectivity index (χ2v) is 5.34. The lowest BCUT2D eigenvalue weighted by atomic mass is 10.1. The predicted octanol–water partition coefficient (Wildman–Crippen LogP) is 2.52. The number of amides is 2. The zero-order chi connectivity index (χ0) is 18.2. The van der Waals surface area contributed by atoms with E-state index < -0.39 is 6.04 Å². The normalized spacial score (nSPS) is 11.0. The van der Waals surface area contributed by atoms with Crippen molar-refractivity contribution in [2.24, 2.45) is 0 Å². The van der Waals surface area contributed by atoms with Gasteiger partial charge in [0.1, 0.15) is 6.29 Å². The molecule has 2 aromatic carbocycles. The summed E-state index contributed by atoms with van der Waals surface area (Å²) in [5, 5.41) is 14.1. The van der Waals surface area contributed by atoms with E-state index >= 15 is 0 Å². The van der Waals surface area contributed by atoms with E-state index in [2.05, 4.69) is 10.6 Å². The monoisotopic (exact) mass is 335 g/mol. The number of aldehydes is 1. The third-order valence-corrected chi connectivity index (χ3v) is 3.60. The van der Waals surface area contributed by atoms with Gasteiger partial charge in [0.25, 0.3) is 11.8 Å². The second kappa shape index (κ2) is 8.41. The second-order valence-electron chi connectivity index (χ2n) is 5.34. The van der Waals surface area contributed by atoms with Gasteiger partial charge in [-0.15, -0.1) is 0 Å². The molecule has 0 aromatic heterocycles. The molecule has 0 aliphatic carbocycles. The first-order valence-electron chi connectivity index (χ1n) is 7.75. The lowest BCUT2D eigenvalue weighted by Crippen LogP contribution is -2.35. The molecule has 1 atom stereocenters. The fraction of sp³-hybridized carbons (Fsp3) is 0.158. The number of carbonyl (C=O) groups is 3. The minimum absolute atomic E-state index is 0.311. The van der Waals surface area contributed by atoms with Crippen LogP contribution in [0.25, 0.3) is 0 Å². The molecule has 1 unspecified atom stereocenters. The summed E-state index contributed by atoms with van der Waals surface area (Å²) in [7, 11) is 0. The largest absolute Gasteiger partial charge is 0.343 e. The Bertz CT molecular complexity index is 805. The molecule has 0 bridgehead atoms. The van der Waals surface area contributed by atoms with Crippen molar-refractivity contribution in [3.05, 3.63) is 65.2 Å².